The fraction of sp³-hybridized carbons (Fsp3) is 0.533. The van der Waals surface area contributed by atoms with Crippen LogP contribution in [0.2, 0.25) is 0 Å². The van der Waals surface area contributed by atoms with Crippen LogP contribution in [0.3, 0.4) is 0 Å². The highest BCUT2D eigenvalue weighted by Crippen LogP contribution is 2.26. The first-order valence-corrected chi connectivity index (χ1v) is 8.08. The number of aryl methyl sites for hydroxylation is 1. The number of nitrogens with one attached hydrogen (secondary N) is 1. The van der Waals surface area contributed by atoms with Crippen LogP contribution in [0, 0.1) is 0 Å². The first kappa shape index (κ1) is 13.8. The van der Waals surface area contributed by atoms with Gasteiger partial charge in [-0.2, -0.15) is 0 Å². The highest BCUT2D eigenvalue weighted by atomic mass is 32.1. The van der Waals surface area contributed by atoms with Crippen molar-refractivity contribution in [1.82, 2.24) is 19.8 Å². The van der Waals surface area contributed by atoms with E-state index in [0.717, 1.165) is 25.0 Å². The lowest BCUT2D eigenvalue weighted by molar-refractivity contribution is 0.317. The number of rotatable bonds is 7. The summed E-state index contributed by atoms with van der Waals surface area (Å²) in [6.45, 7) is 2.08. The monoisotopic (exact) mass is 290 g/mol. The zero-order valence-corrected chi connectivity index (χ0v) is 12.9. The summed E-state index contributed by atoms with van der Waals surface area (Å²) >= 11 is 1.79. The van der Waals surface area contributed by atoms with Crippen LogP contribution in [0.5, 0.6) is 0 Å². The summed E-state index contributed by atoms with van der Waals surface area (Å²) in [6.07, 6.45) is 6.61. The fourth-order valence-electron chi connectivity index (χ4n) is 2.51. The van der Waals surface area contributed by atoms with E-state index in [9.17, 15) is 0 Å². The van der Waals surface area contributed by atoms with Crippen LogP contribution in [0.15, 0.2) is 29.9 Å². The summed E-state index contributed by atoms with van der Waals surface area (Å²) in [5, 5.41) is 5.79. The molecule has 108 valence electrons. The molecule has 0 bridgehead atoms. The third-order valence-electron chi connectivity index (χ3n) is 3.93. The molecule has 0 saturated heterocycles. The molecule has 1 N–H and O–H groups in total. The van der Waals surface area contributed by atoms with Gasteiger partial charge < -0.3 is 14.8 Å². The van der Waals surface area contributed by atoms with E-state index in [1.807, 2.05) is 12.4 Å². The van der Waals surface area contributed by atoms with E-state index in [-0.39, 0.29) is 6.04 Å². The molecule has 2 aromatic heterocycles. The van der Waals surface area contributed by atoms with E-state index in [1.54, 1.807) is 11.3 Å². The predicted octanol–water partition coefficient (Wildman–Crippen LogP) is 2.25. The van der Waals surface area contributed by atoms with Crippen LogP contribution in [0.25, 0.3) is 0 Å². The van der Waals surface area contributed by atoms with Crippen molar-refractivity contribution in [3.63, 3.8) is 0 Å². The zero-order valence-electron chi connectivity index (χ0n) is 12.1. The van der Waals surface area contributed by atoms with Crippen molar-refractivity contribution in [2.75, 3.05) is 20.1 Å². The largest absolute Gasteiger partial charge is 0.336 e. The number of thiophene rings is 1. The van der Waals surface area contributed by atoms with Gasteiger partial charge in [0.2, 0.25) is 0 Å². The zero-order chi connectivity index (χ0) is 13.9. The number of imidazole rings is 1. The molecule has 1 saturated carbocycles. The van der Waals surface area contributed by atoms with E-state index in [2.05, 4.69) is 51.4 Å². The van der Waals surface area contributed by atoms with Gasteiger partial charge in [-0.15, -0.1) is 11.3 Å². The molecule has 1 fully saturated rings. The molecule has 4 nitrogen and oxygen atoms in total. The number of hydrogen-bond donors (Lipinski definition) is 1. The maximum Gasteiger partial charge on any atom is 0.131 e. The Balaban J connectivity index is 1.65. The minimum absolute atomic E-state index is 0.197. The summed E-state index contributed by atoms with van der Waals surface area (Å²) < 4.78 is 2.10. The summed E-state index contributed by atoms with van der Waals surface area (Å²) in [4.78, 5) is 8.29. The molecule has 1 aliphatic rings. The van der Waals surface area contributed by atoms with Gasteiger partial charge in [-0.05, 0) is 31.3 Å². The SMILES string of the molecule is CN(CCNC(c1cccs1)c1nccn1C)C1CC1. The van der Waals surface area contributed by atoms with Crippen molar-refractivity contribution < 1.29 is 0 Å². The predicted molar refractivity (Wildman–Crippen MR) is 83.0 cm³/mol. The minimum atomic E-state index is 0.197. The Kier molecular flexibility index (Phi) is 4.19. The van der Waals surface area contributed by atoms with Gasteiger partial charge in [-0.1, -0.05) is 6.07 Å². The van der Waals surface area contributed by atoms with Gasteiger partial charge in [0.15, 0.2) is 0 Å². The maximum absolute atomic E-state index is 4.51. The second-order valence-electron chi connectivity index (χ2n) is 5.51. The lowest BCUT2D eigenvalue weighted by Crippen LogP contribution is -2.33. The van der Waals surface area contributed by atoms with E-state index in [1.165, 1.54) is 17.7 Å². The molecule has 2 heterocycles. The average Bonchev–Trinajstić information content (AvgIpc) is 2.99. The quantitative estimate of drug-likeness (QED) is 0.849. The van der Waals surface area contributed by atoms with E-state index in [4.69, 9.17) is 0 Å². The lowest BCUT2D eigenvalue weighted by atomic mass is 10.2. The van der Waals surface area contributed by atoms with E-state index < -0.39 is 0 Å². The van der Waals surface area contributed by atoms with Crippen LogP contribution in [0.4, 0.5) is 0 Å². The highest BCUT2D eigenvalue weighted by Gasteiger charge is 2.26. The van der Waals surface area contributed by atoms with E-state index in [0.29, 0.717) is 0 Å². The van der Waals surface area contributed by atoms with Gasteiger partial charge in [-0.3, -0.25) is 0 Å². The molecule has 1 aliphatic carbocycles. The van der Waals surface area contributed by atoms with Crippen LogP contribution < -0.4 is 5.32 Å². The molecule has 3 rings (SSSR count). The Labute approximate surface area is 124 Å². The molecule has 0 radical (unpaired) electrons. The van der Waals surface area contributed by atoms with Gasteiger partial charge in [0.1, 0.15) is 11.9 Å². The summed E-state index contributed by atoms with van der Waals surface area (Å²) in [7, 11) is 4.28. The fourth-order valence-corrected chi connectivity index (χ4v) is 3.31. The van der Waals surface area contributed by atoms with Gasteiger partial charge in [0.25, 0.3) is 0 Å². The van der Waals surface area contributed by atoms with Gasteiger partial charge in [0, 0.05) is 43.4 Å². The Bertz CT molecular complexity index is 530. The van der Waals surface area contributed by atoms with Crippen molar-refractivity contribution in [1.29, 1.82) is 0 Å². The lowest BCUT2D eigenvalue weighted by Gasteiger charge is -2.20. The Hall–Kier alpha value is -1.17. The number of nitrogens with zero attached hydrogens (tertiary/aromatic N) is 3. The summed E-state index contributed by atoms with van der Waals surface area (Å²) in [5.41, 5.74) is 0. The van der Waals surface area contributed by atoms with Crippen molar-refractivity contribution in [2.24, 2.45) is 7.05 Å². The third kappa shape index (κ3) is 3.11. The molecule has 1 atom stereocenters. The second kappa shape index (κ2) is 6.08. The van der Waals surface area contributed by atoms with E-state index >= 15 is 0 Å². The molecule has 0 aromatic carbocycles. The molecule has 0 aliphatic heterocycles. The Morgan fingerprint density at radius 1 is 1.55 bits per heavy atom. The van der Waals surface area contributed by atoms with Crippen molar-refractivity contribution in [3.8, 4) is 0 Å². The molecule has 0 amide bonds. The maximum atomic E-state index is 4.51. The van der Waals surface area contributed by atoms with Crippen LogP contribution in [-0.4, -0.2) is 40.6 Å². The van der Waals surface area contributed by atoms with Crippen molar-refractivity contribution in [3.05, 3.63) is 40.6 Å². The highest BCUT2D eigenvalue weighted by molar-refractivity contribution is 7.10. The minimum Gasteiger partial charge on any atom is -0.336 e. The van der Waals surface area contributed by atoms with Crippen LogP contribution in [-0.2, 0) is 7.05 Å². The van der Waals surface area contributed by atoms with Crippen molar-refractivity contribution >= 4 is 11.3 Å². The van der Waals surface area contributed by atoms with Crippen LogP contribution in [0.1, 0.15) is 29.6 Å². The van der Waals surface area contributed by atoms with Gasteiger partial charge in [0.05, 0.1) is 0 Å². The normalized spacial score (nSPS) is 16.8. The molecule has 0 spiro atoms. The molecule has 20 heavy (non-hydrogen) atoms. The average molecular weight is 290 g/mol. The second-order valence-corrected chi connectivity index (χ2v) is 6.49. The molecule has 5 heteroatoms. The smallest absolute Gasteiger partial charge is 0.131 e. The summed E-state index contributed by atoms with van der Waals surface area (Å²) in [6, 6.07) is 5.31. The number of aromatic nitrogens is 2. The molecular weight excluding hydrogens is 268 g/mol. The third-order valence-corrected chi connectivity index (χ3v) is 4.86. The number of hydrogen-bond acceptors (Lipinski definition) is 4. The summed E-state index contributed by atoms with van der Waals surface area (Å²) in [5.74, 6) is 1.08. The number of likely N-dealkylation sites (N-methyl/N-ethyl adjacent to an activating group) is 1. The van der Waals surface area contributed by atoms with Gasteiger partial charge in [-0.25, -0.2) is 4.98 Å². The molecule has 1 unspecified atom stereocenters. The Morgan fingerprint density at radius 3 is 3.00 bits per heavy atom. The van der Waals surface area contributed by atoms with Crippen molar-refractivity contribution in [2.45, 2.75) is 24.9 Å². The topological polar surface area (TPSA) is 33.1 Å². The Morgan fingerprint density at radius 2 is 2.40 bits per heavy atom. The first-order chi connectivity index (χ1) is 9.75. The standard InChI is InChI=1S/C15H22N4S/c1-18(12-5-6-12)9-7-16-14(13-4-3-11-20-13)15-17-8-10-19(15)2/h3-4,8,10-12,14,16H,5-7,9H2,1-2H3. The molecular formula is C15H22N4S. The molecule has 2 aromatic rings. The van der Waals surface area contributed by atoms with Gasteiger partial charge >= 0.3 is 0 Å². The first-order valence-electron chi connectivity index (χ1n) is 7.20. The van der Waals surface area contributed by atoms with Crippen LogP contribution >= 0.6 is 11.3 Å².